The fourth-order valence-corrected chi connectivity index (χ4v) is 1.24. The molecule has 106 valence electrons. The highest BCUT2D eigenvalue weighted by Crippen LogP contribution is 1.94. The van der Waals surface area contributed by atoms with Gasteiger partial charge in [0.15, 0.2) is 11.9 Å². The normalized spacial score (nSPS) is 11.9. The topological polar surface area (TPSA) is 138 Å². The van der Waals surface area contributed by atoms with E-state index in [0.29, 0.717) is 24.7 Å². The Bertz CT molecular complexity index is 433. The number of carboxylic acid groups (broad SMARTS) is 1. The molecule has 0 aliphatic rings. The lowest BCUT2D eigenvalue weighted by Crippen LogP contribution is -2.38. The third-order valence-corrected chi connectivity index (χ3v) is 2.19. The smallest absolute Gasteiger partial charge is 0.332 e. The number of carbonyl (C=O) groups is 2. The average Bonchev–Trinajstić information content (AvgIpc) is 2.74. The van der Waals surface area contributed by atoms with E-state index in [1.165, 1.54) is 0 Å². The van der Waals surface area contributed by atoms with Crippen LogP contribution >= 0.6 is 0 Å². The summed E-state index contributed by atoms with van der Waals surface area (Å²) in [6.07, 6.45) is -1.09. The van der Waals surface area contributed by atoms with Crippen LogP contribution in [0.4, 0.5) is 4.79 Å². The summed E-state index contributed by atoms with van der Waals surface area (Å²) in [6.45, 7) is 2.07. The first kappa shape index (κ1) is 14.9. The van der Waals surface area contributed by atoms with Gasteiger partial charge in [-0.05, 0) is 0 Å². The van der Waals surface area contributed by atoms with E-state index in [9.17, 15) is 9.59 Å². The summed E-state index contributed by atoms with van der Waals surface area (Å²) in [5.41, 5.74) is 0. The Morgan fingerprint density at radius 2 is 2.05 bits per heavy atom. The molecule has 9 heteroatoms. The van der Waals surface area contributed by atoms with E-state index in [1.807, 2.05) is 0 Å². The molecule has 0 aromatic carbocycles. The fourth-order valence-electron chi connectivity index (χ4n) is 1.24. The van der Waals surface area contributed by atoms with E-state index in [2.05, 4.69) is 20.8 Å². The second-order valence-electron chi connectivity index (χ2n) is 3.81. The number of hydrogen-bond acceptors (Lipinski definition) is 6. The maximum atomic E-state index is 11.3. The highest BCUT2D eigenvalue weighted by molar-refractivity contribution is 5.74. The minimum absolute atomic E-state index is 0.0488. The lowest BCUT2D eigenvalue weighted by Gasteiger charge is -2.08. The number of aliphatic hydroxyl groups is 1. The van der Waals surface area contributed by atoms with Crippen LogP contribution < -0.4 is 10.6 Å². The van der Waals surface area contributed by atoms with Gasteiger partial charge in [-0.1, -0.05) is 5.16 Å². The molecule has 0 spiro atoms. The van der Waals surface area contributed by atoms with Crippen LogP contribution in [0.3, 0.4) is 0 Å². The Morgan fingerprint density at radius 1 is 1.37 bits per heavy atom. The Morgan fingerprint density at radius 3 is 2.63 bits per heavy atom. The minimum Gasteiger partial charge on any atom is -0.479 e. The molecule has 1 aromatic heterocycles. The minimum atomic E-state index is -1.47. The second kappa shape index (κ2) is 7.31. The summed E-state index contributed by atoms with van der Waals surface area (Å²) in [5, 5.41) is 26.0. The summed E-state index contributed by atoms with van der Waals surface area (Å²) in [5.74, 6) is -0.351. The molecule has 0 saturated carbocycles. The number of nitrogens with one attached hydrogen (secondary N) is 2. The van der Waals surface area contributed by atoms with Gasteiger partial charge < -0.3 is 25.4 Å². The van der Waals surface area contributed by atoms with Crippen LogP contribution in [-0.2, 0) is 11.2 Å². The van der Waals surface area contributed by atoms with Crippen molar-refractivity contribution in [2.75, 3.05) is 13.1 Å². The Balaban J connectivity index is 2.10. The van der Waals surface area contributed by atoms with Gasteiger partial charge in [0.25, 0.3) is 0 Å². The number of amides is 2. The van der Waals surface area contributed by atoms with Gasteiger partial charge in [-0.2, -0.15) is 4.98 Å². The first-order chi connectivity index (χ1) is 8.99. The predicted octanol–water partition coefficient (Wildman–Crippen LogP) is -0.945. The monoisotopic (exact) mass is 272 g/mol. The van der Waals surface area contributed by atoms with Crippen molar-refractivity contribution in [3.63, 3.8) is 0 Å². The highest BCUT2D eigenvalue weighted by Gasteiger charge is 2.12. The van der Waals surface area contributed by atoms with Gasteiger partial charge in [0, 0.05) is 32.9 Å². The number of aliphatic hydroxyl groups excluding tert-OH is 1. The molecule has 0 radical (unpaired) electrons. The molecule has 1 atom stereocenters. The van der Waals surface area contributed by atoms with E-state index >= 15 is 0 Å². The fraction of sp³-hybridized carbons (Fsp3) is 0.600. The summed E-state index contributed by atoms with van der Waals surface area (Å²) in [6, 6.07) is -0.446. The molecule has 0 bridgehead atoms. The number of nitrogens with zero attached hydrogens (tertiary/aromatic N) is 2. The largest absolute Gasteiger partial charge is 0.479 e. The standard InChI is InChI=1S/C10H16N4O5/c1-6-13-8(14-19-6)3-5-12-10(18)11-4-2-7(15)9(16)17/h7,15H,2-5H2,1H3,(H,16,17)(H2,11,12,18)/t7-/m0/s1. The summed E-state index contributed by atoms with van der Waals surface area (Å²) in [4.78, 5) is 25.5. The zero-order valence-corrected chi connectivity index (χ0v) is 10.4. The van der Waals surface area contributed by atoms with Crippen molar-refractivity contribution in [3.8, 4) is 0 Å². The Hall–Kier alpha value is -2.16. The molecular formula is C10H16N4O5. The molecule has 0 aliphatic carbocycles. The van der Waals surface area contributed by atoms with Crippen LogP contribution in [0.1, 0.15) is 18.1 Å². The molecule has 0 saturated heterocycles. The van der Waals surface area contributed by atoms with Gasteiger partial charge in [0.05, 0.1) is 0 Å². The predicted molar refractivity (Wildman–Crippen MR) is 62.4 cm³/mol. The van der Waals surface area contributed by atoms with Gasteiger partial charge in [-0.25, -0.2) is 9.59 Å². The van der Waals surface area contributed by atoms with E-state index in [0.717, 1.165) is 0 Å². The van der Waals surface area contributed by atoms with Crippen molar-refractivity contribution in [3.05, 3.63) is 11.7 Å². The number of carboxylic acids is 1. The lowest BCUT2D eigenvalue weighted by molar-refractivity contribution is -0.146. The Labute approximate surface area is 109 Å². The van der Waals surface area contributed by atoms with Crippen LogP contribution in [0.15, 0.2) is 4.52 Å². The third kappa shape index (κ3) is 5.82. The van der Waals surface area contributed by atoms with Crippen LogP contribution in [0, 0.1) is 6.92 Å². The molecule has 19 heavy (non-hydrogen) atoms. The van der Waals surface area contributed by atoms with Gasteiger partial charge in [-0.3, -0.25) is 0 Å². The summed E-state index contributed by atoms with van der Waals surface area (Å²) >= 11 is 0. The van der Waals surface area contributed by atoms with Gasteiger partial charge in [0.1, 0.15) is 0 Å². The van der Waals surface area contributed by atoms with Crippen molar-refractivity contribution in [2.24, 2.45) is 0 Å². The molecule has 2 amide bonds. The van der Waals surface area contributed by atoms with Crippen LogP contribution in [-0.4, -0.2) is 51.5 Å². The number of rotatable bonds is 7. The first-order valence-electron chi connectivity index (χ1n) is 5.71. The maximum Gasteiger partial charge on any atom is 0.332 e. The molecule has 9 nitrogen and oxygen atoms in total. The van der Waals surface area contributed by atoms with E-state index in [1.54, 1.807) is 6.92 Å². The molecule has 0 unspecified atom stereocenters. The number of hydrogen-bond donors (Lipinski definition) is 4. The highest BCUT2D eigenvalue weighted by atomic mass is 16.5. The molecule has 0 aliphatic heterocycles. The molecule has 1 rings (SSSR count). The average molecular weight is 272 g/mol. The van der Waals surface area contributed by atoms with Crippen molar-refractivity contribution in [1.29, 1.82) is 0 Å². The summed E-state index contributed by atoms with van der Waals surface area (Å²) in [7, 11) is 0. The number of aryl methyl sites for hydroxylation is 1. The van der Waals surface area contributed by atoms with Gasteiger partial charge in [-0.15, -0.1) is 0 Å². The molecule has 4 N–H and O–H groups in total. The molecule has 0 fully saturated rings. The van der Waals surface area contributed by atoms with Crippen LogP contribution in [0.2, 0.25) is 0 Å². The lowest BCUT2D eigenvalue weighted by atomic mass is 10.2. The SMILES string of the molecule is Cc1nc(CCNC(=O)NCC[C@H](O)C(=O)O)no1. The van der Waals surface area contributed by atoms with Gasteiger partial charge >= 0.3 is 12.0 Å². The van der Waals surface area contributed by atoms with E-state index in [-0.39, 0.29) is 13.0 Å². The number of carbonyl (C=O) groups excluding carboxylic acids is 1. The van der Waals surface area contributed by atoms with E-state index in [4.69, 9.17) is 14.7 Å². The van der Waals surface area contributed by atoms with Crippen molar-refractivity contribution in [1.82, 2.24) is 20.8 Å². The Kier molecular flexibility index (Phi) is 5.73. The number of aromatic nitrogens is 2. The first-order valence-corrected chi connectivity index (χ1v) is 5.71. The van der Waals surface area contributed by atoms with Crippen molar-refractivity contribution >= 4 is 12.0 Å². The molecule has 1 heterocycles. The van der Waals surface area contributed by atoms with Crippen molar-refractivity contribution < 1.29 is 24.3 Å². The van der Waals surface area contributed by atoms with Gasteiger partial charge in [0.2, 0.25) is 5.89 Å². The second-order valence-corrected chi connectivity index (χ2v) is 3.81. The third-order valence-electron chi connectivity index (χ3n) is 2.19. The quantitative estimate of drug-likeness (QED) is 0.502. The molecular weight excluding hydrogens is 256 g/mol. The summed E-state index contributed by atoms with van der Waals surface area (Å²) < 4.78 is 4.76. The van der Waals surface area contributed by atoms with E-state index < -0.39 is 18.1 Å². The number of aliphatic carboxylic acids is 1. The van der Waals surface area contributed by atoms with Crippen molar-refractivity contribution in [2.45, 2.75) is 25.9 Å². The zero-order valence-electron chi connectivity index (χ0n) is 10.4. The van der Waals surface area contributed by atoms with Crippen LogP contribution in [0.25, 0.3) is 0 Å². The number of urea groups is 1. The van der Waals surface area contributed by atoms with Crippen LogP contribution in [0.5, 0.6) is 0 Å². The molecule has 1 aromatic rings. The zero-order chi connectivity index (χ0) is 14.3. The maximum absolute atomic E-state index is 11.3.